The zero-order valence-electron chi connectivity index (χ0n) is 17.5. The van der Waals surface area contributed by atoms with Crippen molar-refractivity contribution in [2.75, 3.05) is 39.3 Å². The molecule has 0 spiro atoms. The van der Waals surface area contributed by atoms with E-state index < -0.39 is 5.60 Å². The van der Waals surface area contributed by atoms with Crippen molar-refractivity contribution >= 4 is 29.9 Å². The predicted molar refractivity (Wildman–Crippen MR) is 124 cm³/mol. The van der Waals surface area contributed by atoms with E-state index in [1.807, 2.05) is 0 Å². The molecule has 1 aliphatic heterocycles. The molecule has 1 heterocycles. The van der Waals surface area contributed by atoms with Gasteiger partial charge in [0.1, 0.15) is 0 Å². The van der Waals surface area contributed by atoms with Crippen LogP contribution in [0.5, 0.6) is 0 Å². The van der Waals surface area contributed by atoms with Gasteiger partial charge in [-0.25, -0.2) is 0 Å². The van der Waals surface area contributed by atoms with Crippen molar-refractivity contribution in [2.45, 2.75) is 78.2 Å². The van der Waals surface area contributed by atoms with Gasteiger partial charge in [0.2, 0.25) is 0 Å². The van der Waals surface area contributed by atoms with Gasteiger partial charge in [0.25, 0.3) is 0 Å². The molecule has 1 aliphatic rings. The highest BCUT2D eigenvalue weighted by atomic mass is 127. The molecule has 0 amide bonds. The molecule has 1 saturated heterocycles. The van der Waals surface area contributed by atoms with Crippen LogP contribution >= 0.6 is 24.0 Å². The molecule has 0 aromatic carbocycles. The Morgan fingerprint density at radius 2 is 1.65 bits per heavy atom. The van der Waals surface area contributed by atoms with E-state index in [9.17, 15) is 5.11 Å². The molecular weight excluding hydrogens is 439 g/mol. The summed E-state index contributed by atoms with van der Waals surface area (Å²) >= 11 is 0. The summed E-state index contributed by atoms with van der Waals surface area (Å²) in [5, 5.41) is 17.6. The van der Waals surface area contributed by atoms with Gasteiger partial charge >= 0.3 is 0 Å². The van der Waals surface area contributed by atoms with E-state index in [4.69, 9.17) is 0 Å². The maximum atomic E-state index is 10.8. The Hall–Kier alpha value is -0.0800. The minimum absolute atomic E-state index is 0. The molecule has 1 fully saturated rings. The molecule has 0 aromatic heterocycles. The Morgan fingerprint density at radius 3 is 2.15 bits per heavy atom. The minimum Gasteiger partial charge on any atom is -0.388 e. The molecule has 0 aromatic rings. The molecular formula is C20H43IN4O. The number of rotatable bonds is 11. The molecule has 0 bridgehead atoms. The number of halogens is 1. The SMILES string of the molecule is CCCN1CCC(CNC(=NCC(O)(CCC)CCC)NCC)CC1.I. The van der Waals surface area contributed by atoms with Gasteiger partial charge in [-0.3, -0.25) is 4.99 Å². The van der Waals surface area contributed by atoms with E-state index in [1.54, 1.807) is 0 Å². The number of hydrogen-bond acceptors (Lipinski definition) is 3. The van der Waals surface area contributed by atoms with Crippen LogP contribution in [-0.2, 0) is 0 Å². The van der Waals surface area contributed by atoms with Gasteiger partial charge < -0.3 is 20.6 Å². The van der Waals surface area contributed by atoms with Crippen molar-refractivity contribution in [1.29, 1.82) is 0 Å². The number of aliphatic imine (C=N–C) groups is 1. The summed E-state index contributed by atoms with van der Waals surface area (Å²) in [6.45, 7) is 14.6. The fraction of sp³-hybridized carbons (Fsp3) is 0.950. The Balaban J connectivity index is 0.00000625. The predicted octanol–water partition coefficient (Wildman–Crippen LogP) is 3.61. The molecule has 0 atom stereocenters. The van der Waals surface area contributed by atoms with Crippen molar-refractivity contribution in [3.8, 4) is 0 Å². The zero-order valence-corrected chi connectivity index (χ0v) is 19.8. The minimum atomic E-state index is -0.655. The molecule has 0 aliphatic carbocycles. The summed E-state index contributed by atoms with van der Waals surface area (Å²) in [6, 6.07) is 0. The van der Waals surface area contributed by atoms with Crippen LogP contribution in [0.25, 0.3) is 0 Å². The van der Waals surface area contributed by atoms with Gasteiger partial charge in [-0.2, -0.15) is 0 Å². The smallest absolute Gasteiger partial charge is 0.191 e. The van der Waals surface area contributed by atoms with Crippen LogP contribution in [0.4, 0.5) is 0 Å². The first-order valence-electron chi connectivity index (χ1n) is 10.5. The maximum absolute atomic E-state index is 10.8. The fourth-order valence-electron chi connectivity index (χ4n) is 3.75. The third-order valence-corrected chi connectivity index (χ3v) is 5.11. The number of hydrogen-bond donors (Lipinski definition) is 3. The average molecular weight is 482 g/mol. The number of nitrogens with zero attached hydrogens (tertiary/aromatic N) is 2. The van der Waals surface area contributed by atoms with E-state index in [1.165, 1.54) is 38.9 Å². The highest BCUT2D eigenvalue weighted by Crippen LogP contribution is 2.20. The van der Waals surface area contributed by atoms with E-state index in [2.05, 4.69) is 48.2 Å². The van der Waals surface area contributed by atoms with Crippen LogP contribution in [0.15, 0.2) is 4.99 Å². The Morgan fingerprint density at radius 1 is 1.04 bits per heavy atom. The van der Waals surface area contributed by atoms with Crippen LogP contribution in [0.3, 0.4) is 0 Å². The largest absolute Gasteiger partial charge is 0.388 e. The topological polar surface area (TPSA) is 59.9 Å². The molecule has 26 heavy (non-hydrogen) atoms. The molecule has 0 unspecified atom stereocenters. The highest BCUT2D eigenvalue weighted by molar-refractivity contribution is 14.0. The second kappa shape index (κ2) is 14.9. The Labute approximate surface area is 178 Å². The van der Waals surface area contributed by atoms with Crippen molar-refractivity contribution < 1.29 is 5.11 Å². The number of piperidine rings is 1. The van der Waals surface area contributed by atoms with Crippen LogP contribution < -0.4 is 10.6 Å². The van der Waals surface area contributed by atoms with Gasteiger partial charge in [0.05, 0.1) is 12.1 Å². The van der Waals surface area contributed by atoms with Gasteiger partial charge in [-0.1, -0.05) is 33.6 Å². The molecule has 1 rings (SSSR count). The van der Waals surface area contributed by atoms with E-state index in [0.29, 0.717) is 6.54 Å². The standard InChI is InChI=1S/C20H42N4O.HI/c1-5-11-20(25,12-6-2)17-23-19(21-8-4)22-16-18-9-14-24(13-7-3)15-10-18;/h18,25H,5-17H2,1-4H3,(H2,21,22,23);1H. The monoisotopic (exact) mass is 482 g/mol. The lowest BCUT2D eigenvalue weighted by atomic mass is 9.93. The van der Waals surface area contributed by atoms with Crippen molar-refractivity contribution in [1.82, 2.24) is 15.5 Å². The third-order valence-electron chi connectivity index (χ3n) is 5.11. The number of likely N-dealkylation sites (tertiary alicyclic amines) is 1. The summed E-state index contributed by atoms with van der Waals surface area (Å²) in [5.41, 5.74) is -0.655. The summed E-state index contributed by atoms with van der Waals surface area (Å²) in [4.78, 5) is 7.26. The molecule has 156 valence electrons. The molecule has 0 saturated carbocycles. The molecule has 3 N–H and O–H groups in total. The van der Waals surface area contributed by atoms with Gasteiger partial charge in [-0.05, 0) is 64.6 Å². The fourth-order valence-corrected chi connectivity index (χ4v) is 3.75. The number of guanidine groups is 1. The number of aliphatic hydroxyl groups is 1. The van der Waals surface area contributed by atoms with Crippen LogP contribution in [0.2, 0.25) is 0 Å². The van der Waals surface area contributed by atoms with Crippen LogP contribution in [0.1, 0.15) is 72.6 Å². The first-order valence-corrected chi connectivity index (χ1v) is 10.5. The highest BCUT2D eigenvalue weighted by Gasteiger charge is 2.25. The van der Waals surface area contributed by atoms with Crippen molar-refractivity contribution in [3.63, 3.8) is 0 Å². The van der Waals surface area contributed by atoms with Crippen LogP contribution in [-0.4, -0.2) is 60.8 Å². The second-order valence-corrected chi connectivity index (χ2v) is 7.59. The quantitative estimate of drug-likeness (QED) is 0.239. The molecule has 6 heteroatoms. The average Bonchev–Trinajstić information content (AvgIpc) is 2.59. The lowest BCUT2D eigenvalue weighted by molar-refractivity contribution is 0.0306. The zero-order chi connectivity index (χ0) is 18.5. The normalized spacial score (nSPS) is 17.0. The van der Waals surface area contributed by atoms with Crippen LogP contribution in [0, 0.1) is 5.92 Å². The van der Waals surface area contributed by atoms with E-state index in [0.717, 1.165) is 50.7 Å². The van der Waals surface area contributed by atoms with Crippen molar-refractivity contribution in [2.24, 2.45) is 10.9 Å². The third kappa shape index (κ3) is 10.3. The van der Waals surface area contributed by atoms with Gasteiger partial charge in [0, 0.05) is 13.1 Å². The lowest BCUT2D eigenvalue weighted by Crippen LogP contribution is -2.44. The lowest BCUT2D eigenvalue weighted by Gasteiger charge is -2.32. The van der Waals surface area contributed by atoms with E-state index >= 15 is 0 Å². The molecule has 0 radical (unpaired) electrons. The maximum Gasteiger partial charge on any atom is 0.191 e. The second-order valence-electron chi connectivity index (χ2n) is 7.59. The summed E-state index contributed by atoms with van der Waals surface area (Å²) < 4.78 is 0. The van der Waals surface area contributed by atoms with Crippen molar-refractivity contribution in [3.05, 3.63) is 0 Å². The summed E-state index contributed by atoms with van der Waals surface area (Å²) in [5.74, 6) is 1.58. The first kappa shape index (κ1) is 25.9. The Kier molecular flexibility index (Phi) is 14.9. The van der Waals surface area contributed by atoms with Gasteiger partial charge in [0.15, 0.2) is 5.96 Å². The van der Waals surface area contributed by atoms with E-state index in [-0.39, 0.29) is 24.0 Å². The van der Waals surface area contributed by atoms with Gasteiger partial charge in [-0.15, -0.1) is 24.0 Å². The summed E-state index contributed by atoms with van der Waals surface area (Å²) in [7, 11) is 0. The number of nitrogens with one attached hydrogen (secondary N) is 2. The molecule has 5 nitrogen and oxygen atoms in total. The Bertz CT molecular complexity index is 365. The summed E-state index contributed by atoms with van der Waals surface area (Å²) in [6.07, 6.45) is 7.40. The first-order chi connectivity index (χ1) is 12.1.